The number of anilines is 1. The van der Waals surface area contributed by atoms with Crippen molar-refractivity contribution >= 4 is 39.6 Å². The number of rotatable bonds is 15. The maximum Gasteiger partial charge on any atom is 0.410 e. The van der Waals surface area contributed by atoms with Crippen LogP contribution in [0.1, 0.15) is 91.5 Å². The first-order valence-corrected chi connectivity index (χ1v) is 23.3. The van der Waals surface area contributed by atoms with E-state index in [9.17, 15) is 9.59 Å². The van der Waals surface area contributed by atoms with E-state index in [1.165, 1.54) is 13.2 Å². The van der Waals surface area contributed by atoms with Crippen molar-refractivity contribution in [3.05, 3.63) is 47.7 Å². The van der Waals surface area contributed by atoms with E-state index in [0.717, 1.165) is 71.0 Å². The molecule has 350 valence electrons. The molecule has 2 unspecified atom stereocenters. The quantitative estimate of drug-likeness (QED) is 0.0838. The molecule has 2 aliphatic carbocycles. The van der Waals surface area contributed by atoms with Gasteiger partial charge in [-0.15, -0.1) is 0 Å². The number of fused-ring (bicyclic) bond motifs is 4. The van der Waals surface area contributed by atoms with Gasteiger partial charge in [0.05, 0.1) is 36.8 Å². The predicted molar refractivity (Wildman–Crippen MR) is 240 cm³/mol. The van der Waals surface area contributed by atoms with E-state index >= 15 is 8.78 Å². The molecule has 2 saturated carbocycles. The SMILES string of the molecule is CCOC(=O)COC1CC2(CCN(CC3(COc4nc(N5CC6CCC(C5)N6C(=O)OC(C)(C)C)c5cnc(-c6cc(OCOC)cc7ccc(F)c(CC)c67)c(F)c5n4)CC3)CC2)C1. The van der Waals surface area contributed by atoms with E-state index in [1.807, 2.05) is 32.6 Å². The van der Waals surface area contributed by atoms with Crippen molar-refractivity contribution in [1.29, 1.82) is 0 Å². The third-order valence-corrected chi connectivity index (χ3v) is 14.1. The Labute approximate surface area is 379 Å². The minimum atomic E-state index is -0.684. The van der Waals surface area contributed by atoms with Gasteiger partial charge in [-0.25, -0.2) is 18.4 Å². The van der Waals surface area contributed by atoms with Crippen LogP contribution in [0.3, 0.4) is 0 Å². The van der Waals surface area contributed by atoms with Gasteiger partial charge in [0.15, 0.2) is 12.6 Å². The fourth-order valence-corrected chi connectivity index (χ4v) is 10.7. The number of piperazine rings is 1. The molecular weight excluding hydrogens is 839 g/mol. The first kappa shape index (κ1) is 45.2. The minimum absolute atomic E-state index is 0.000888. The Balaban J connectivity index is 0.993. The number of hydrogen-bond acceptors (Lipinski definition) is 13. The van der Waals surface area contributed by atoms with Crippen LogP contribution >= 0.6 is 0 Å². The van der Waals surface area contributed by atoms with Gasteiger partial charge in [-0.2, -0.15) is 9.97 Å². The first-order valence-electron chi connectivity index (χ1n) is 23.3. The van der Waals surface area contributed by atoms with Gasteiger partial charge in [-0.3, -0.25) is 9.88 Å². The summed E-state index contributed by atoms with van der Waals surface area (Å²) < 4.78 is 67.2. The molecule has 9 rings (SSSR count). The highest BCUT2D eigenvalue weighted by atomic mass is 19.1. The van der Waals surface area contributed by atoms with E-state index in [2.05, 4.69) is 9.80 Å². The summed E-state index contributed by atoms with van der Waals surface area (Å²) in [5, 5.41) is 1.63. The monoisotopic (exact) mass is 900 g/mol. The molecule has 3 aliphatic heterocycles. The van der Waals surface area contributed by atoms with Crippen molar-refractivity contribution in [3.63, 3.8) is 0 Å². The third kappa shape index (κ3) is 9.40. The lowest BCUT2D eigenvalue weighted by atomic mass is 9.61. The van der Waals surface area contributed by atoms with Crippen LogP contribution in [0.5, 0.6) is 11.8 Å². The number of piperidine rings is 1. The Kier molecular flexibility index (Phi) is 12.6. The van der Waals surface area contributed by atoms with Crippen molar-refractivity contribution in [3.8, 4) is 23.0 Å². The second-order valence-corrected chi connectivity index (χ2v) is 19.9. The van der Waals surface area contributed by atoms with Gasteiger partial charge in [0, 0.05) is 43.9 Å². The number of halogens is 2. The van der Waals surface area contributed by atoms with Gasteiger partial charge in [0.25, 0.3) is 0 Å². The molecule has 4 aromatic rings. The van der Waals surface area contributed by atoms with Crippen molar-refractivity contribution in [2.24, 2.45) is 10.8 Å². The van der Waals surface area contributed by atoms with E-state index in [4.69, 9.17) is 43.4 Å². The van der Waals surface area contributed by atoms with E-state index in [1.54, 1.807) is 31.3 Å². The van der Waals surface area contributed by atoms with Crippen LogP contribution in [-0.4, -0.2) is 127 Å². The number of aromatic nitrogens is 3. The number of pyridine rings is 1. The summed E-state index contributed by atoms with van der Waals surface area (Å²) in [7, 11) is 1.52. The first-order chi connectivity index (χ1) is 31.2. The highest BCUT2D eigenvalue weighted by Gasteiger charge is 2.50. The summed E-state index contributed by atoms with van der Waals surface area (Å²) in [5.74, 6) is -0.473. The number of hydrogen-bond donors (Lipinski definition) is 0. The third-order valence-electron chi connectivity index (χ3n) is 14.1. The Morgan fingerprint density at radius 3 is 2.35 bits per heavy atom. The van der Waals surface area contributed by atoms with Crippen LogP contribution in [-0.2, 0) is 30.2 Å². The highest BCUT2D eigenvalue weighted by molar-refractivity contribution is 6.02. The second kappa shape index (κ2) is 18.0. The number of likely N-dealkylation sites (tertiary alicyclic amines) is 1. The predicted octanol–water partition coefficient (Wildman–Crippen LogP) is 8.24. The Morgan fingerprint density at radius 2 is 1.69 bits per heavy atom. The summed E-state index contributed by atoms with van der Waals surface area (Å²) in [4.78, 5) is 46.2. The molecule has 1 amide bonds. The van der Waals surface area contributed by atoms with E-state index < -0.39 is 11.4 Å². The lowest BCUT2D eigenvalue weighted by Crippen LogP contribution is -2.57. The van der Waals surface area contributed by atoms with E-state index in [-0.39, 0.29) is 77.5 Å². The van der Waals surface area contributed by atoms with Gasteiger partial charge < -0.3 is 38.2 Å². The number of benzene rings is 2. The van der Waals surface area contributed by atoms with Crippen molar-refractivity contribution < 1.29 is 46.8 Å². The van der Waals surface area contributed by atoms with Crippen LogP contribution < -0.4 is 14.4 Å². The second-order valence-electron chi connectivity index (χ2n) is 19.9. The summed E-state index contributed by atoms with van der Waals surface area (Å²) in [6.45, 7) is 13.8. The van der Waals surface area contributed by atoms with Gasteiger partial charge >= 0.3 is 18.1 Å². The standard InChI is InChI=1S/C49H62F2N6O8/c1-7-35-38(50)12-9-30-19-33(64-29-60-6)20-36(40(30)35)42-41(51)43-37(23-52-42)44(56-24-31-10-11-32(25-56)57(31)46(59)65-47(3,4)5)54-45(53-43)63-28-49(13-14-49)27-55-17-15-48(16-18-55)21-34(22-48)62-26-39(58)61-8-2/h9,12,19-20,23,31-32,34H,7-8,10-11,13-18,21-22,24-29H2,1-6H3. The summed E-state index contributed by atoms with van der Waals surface area (Å²) >= 11 is 0. The summed E-state index contributed by atoms with van der Waals surface area (Å²) in [6, 6.07) is 6.36. The molecular formula is C49H62F2N6O8. The molecule has 0 radical (unpaired) electrons. The zero-order valence-corrected chi connectivity index (χ0v) is 38.6. The molecule has 2 atom stereocenters. The summed E-state index contributed by atoms with van der Waals surface area (Å²) in [6.07, 6.45) is 9.48. The van der Waals surface area contributed by atoms with E-state index in [0.29, 0.717) is 71.6 Å². The molecule has 3 saturated heterocycles. The lowest BCUT2D eigenvalue weighted by molar-refractivity contribution is -0.159. The smallest absolute Gasteiger partial charge is 0.410 e. The number of esters is 1. The number of amides is 1. The van der Waals surface area contributed by atoms with Crippen LogP contribution in [0, 0.1) is 22.5 Å². The normalized spacial score (nSPS) is 21.5. The summed E-state index contributed by atoms with van der Waals surface area (Å²) in [5.41, 5.74) is 0.420. The van der Waals surface area contributed by atoms with Crippen molar-refractivity contribution in [1.82, 2.24) is 24.8 Å². The van der Waals surface area contributed by atoms with Crippen LogP contribution in [0.15, 0.2) is 30.5 Å². The van der Waals surface area contributed by atoms with Crippen LogP contribution in [0.25, 0.3) is 32.9 Å². The Morgan fingerprint density at radius 1 is 0.954 bits per heavy atom. The van der Waals surface area contributed by atoms with Crippen LogP contribution in [0.2, 0.25) is 0 Å². The van der Waals surface area contributed by atoms with Crippen molar-refractivity contribution in [2.45, 2.75) is 116 Å². The zero-order chi connectivity index (χ0) is 45.7. The molecule has 16 heteroatoms. The zero-order valence-electron chi connectivity index (χ0n) is 38.6. The fourth-order valence-electron chi connectivity index (χ4n) is 10.7. The minimum Gasteiger partial charge on any atom is -0.468 e. The number of nitrogens with zero attached hydrogens (tertiary/aromatic N) is 6. The highest BCUT2D eigenvalue weighted by Crippen LogP contribution is 2.52. The number of carbonyl (C=O) groups excluding carboxylic acids is 2. The average Bonchev–Trinajstić information content (AvgIpc) is 3.98. The molecule has 5 heterocycles. The number of methoxy groups -OCH3 is 1. The lowest BCUT2D eigenvalue weighted by Gasteiger charge is -2.52. The largest absolute Gasteiger partial charge is 0.468 e. The van der Waals surface area contributed by atoms with Gasteiger partial charge in [-0.05, 0) is 139 Å². The molecule has 65 heavy (non-hydrogen) atoms. The average molecular weight is 901 g/mol. The van der Waals surface area contributed by atoms with Gasteiger partial charge in [-0.1, -0.05) is 13.0 Å². The topological polar surface area (TPSA) is 138 Å². The molecule has 1 spiro atoms. The molecule has 5 aliphatic rings. The molecule has 14 nitrogen and oxygen atoms in total. The number of ether oxygens (including phenoxy) is 6. The fraction of sp³-hybridized carbons (Fsp3) is 0.612. The number of aryl methyl sites for hydroxylation is 1. The van der Waals surface area contributed by atoms with Gasteiger partial charge in [0.1, 0.15) is 40.8 Å². The van der Waals surface area contributed by atoms with Crippen LogP contribution in [0.4, 0.5) is 19.4 Å². The Bertz CT molecular complexity index is 2410. The Hall–Kier alpha value is -4.93. The maximum absolute atomic E-state index is 17.6. The van der Waals surface area contributed by atoms with Crippen molar-refractivity contribution in [2.75, 3.05) is 71.3 Å². The molecule has 5 fully saturated rings. The number of carbonyl (C=O) groups is 2. The maximum atomic E-state index is 17.6. The molecule has 2 bridgehead atoms. The molecule has 2 aromatic carbocycles. The molecule has 2 aromatic heterocycles. The molecule has 0 N–H and O–H groups in total. The van der Waals surface area contributed by atoms with Gasteiger partial charge in [0.2, 0.25) is 0 Å².